The van der Waals surface area contributed by atoms with E-state index in [1.807, 2.05) is 19.9 Å². The fourth-order valence-electron chi connectivity index (χ4n) is 1.14. The van der Waals surface area contributed by atoms with Crippen LogP contribution in [0.25, 0.3) is 0 Å². The quantitative estimate of drug-likeness (QED) is 0.519. The maximum Gasteiger partial charge on any atom is 0.151 e. The number of nitrogens with one attached hydrogen (secondary N) is 1. The smallest absolute Gasteiger partial charge is 0.151 e. The molecule has 1 unspecified atom stereocenters. The predicted octanol–water partition coefficient (Wildman–Crippen LogP) is 1.37. The van der Waals surface area contributed by atoms with E-state index in [-0.39, 0.29) is 17.5 Å². The molecule has 0 aromatic heterocycles. The first-order chi connectivity index (χ1) is 6.52. The lowest BCUT2D eigenvalue weighted by Crippen LogP contribution is -2.34. The molecule has 0 aliphatic carbocycles. The summed E-state index contributed by atoms with van der Waals surface area (Å²) in [5, 5.41) is 3.18. The van der Waals surface area contributed by atoms with Crippen molar-refractivity contribution in [1.29, 1.82) is 0 Å². The zero-order valence-corrected chi connectivity index (χ0v) is 10.1. The van der Waals surface area contributed by atoms with Crippen molar-refractivity contribution in [2.45, 2.75) is 33.2 Å². The number of hydrogen-bond acceptors (Lipinski definition) is 3. The van der Waals surface area contributed by atoms with Gasteiger partial charge in [0, 0.05) is 11.8 Å². The van der Waals surface area contributed by atoms with Crippen LogP contribution in [0.2, 0.25) is 0 Å². The van der Waals surface area contributed by atoms with Crippen molar-refractivity contribution in [3.05, 3.63) is 12.2 Å². The second-order valence-corrected chi connectivity index (χ2v) is 5.81. The Morgan fingerprint density at radius 3 is 2.57 bits per heavy atom. The number of allylic oxidation sites excluding steroid dienone is 1. The van der Waals surface area contributed by atoms with Crippen molar-refractivity contribution < 1.29 is 8.42 Å². The van der Waals surface area contributed by atoms with Gasteiger partial charge in [-0.2, -0.15) is 0 Å². The molecule has 0 radical (unpaired) electrons. The summed E-state index contributed by atoms with van der Waals surface area (Å²) in [5.74, 6) is 0.465. The van der Waals surface area contributed by atoms with E-state index in [1.165, 1.54) is 0 Å². The van der Waals surface area contributed by atoms with Gasteiger partial charge in [-0.25, -0.2) is 8.42 Å². The third kappa shape index (κ3) is 7.09. The molecule has 0 spiro atoms. The highest BCUT2D eigenvalue weighted by Crippen LogP contribution is 1.94. The lowest BCUT2D eigenvalue weighted by atomic mass is 10.3. The van der Waals surface area contributed by atoms with Gasteiger partial charge in [-0.15, -0.1) is 0 Å². The van der Waals surface area contributed by atoms with Crippen LogP contribution in [-0.2, 0) is 9.84 Å². The van der Waals surface area contributed by atoms with Crippen LogP contribution in [0.15, 0.2) is 12.2 Å². The minimum atomic E-state index is -2.84. The van der Waals surface area contributed by atoms with Gasteiger partial charge in [-0.1, -0.05) is 19.1 Å². The monoisotopic (exact) mass is 219 g/mol. The van der Waals surface area contributed by atoms with E-state index >= 15 is 0 Å². The van der Waals surface area contributed by atoms with Crippen LogP contribution >= 0.6 is 0 Å². The molecule has 0 aliphatic heterocycles. The van der Waals surface area contributed by atoms with Crippen molar-refractivity contribution in [3.8, 4) is 0 Å². The Kier molecular flexibility index (Phi) is 6.83. The van der Waals surface area contributed by atoms with Crippen molar-refractivity contribution >= 4 is 9.84 Å². The van der Waals surface area contributed by atoms with Gasteiger partial charge in [0.25, 0.3) is 0 Å². The molecule has 4 heteroatoms. The summed E-state index contributed by atoms with van der Waals surface area (Å²) in [6, 6.07) is 0.0465. The van der Waals surface area contributed by atoms with Gasteiger partial charge in [0.05, 0.1) is 5.75 Å². The SMILES string of the molecule is C/C=C/CCNC(C)CS(=O)(=O)CC. The molecule has 14 heavy (non-hydrogen) atoms. The molecule has 0 rings (SSSR count). The van der Waals surface area contributed by atoms with E-state index in [2.05, 4.69) is 11.4 Å². The van der Waals surface area contributed by atoms with Crippen LogP contribution in [-0.4, -0.2) is 32.5 Å². The molecule has 0 aromatic carbocycles. The van der Waals surface area contributed by atoms with Gasteiger partial charge in [0.2, 0.25) is 0 Å². The number of rotatable bonds is 7. The summed E-state index contributed by atoms with van der Waals surface area (Å²) in [5.41, 5.74) is 0. The Bertz CT molecular complexity index is 257. The first kappa shape index (κ1) is 13.7. The fourth-order valence-corrected chi connectivity index (χ4v) is 2.25. The predicted molar refractivity (Wildman–Crippen MR) is 61.2 cm³/mol. The molecule has 0 saturated heterocycles. The Balaban J connectivity index is 3.71. The van der Waals surface area contributed by atoms with Crippen LogP contribution < -0.4 is 5.32 Å². The highest BCUT2D eigenvalue weighted by atomic mass is 32.2. The first-order valence-electron chi connectivity index (χ1n) is 5.06. The Morgan fingerprint density at radius 2 is 2.07 bits per heavy atom. The molecule has 0 saturated carbocycles. The Labute approximate surface area is 87.5 Å². The van der Waals surface area contributed by atoms with Crippen molar-refractivity contribution in [1.82, 2.24) is 5.32 Å². The molecule has 0 aliphatic rings. The van der Waals surface area contributed by atoms with Gasteiger partial charge in [0.1, 0.15) is 0 Å². The Morgan fingerprint density at radius 1 is 1.43 bits per heavy atom. The molecule has 84 valence electrons. The maximum absolute atomic E-state index is 11.2. The molecule has 0 bridgehead atoms. The van der Waals surface area contributed by atoms with Crippen molar-refractivity contribution in [3.63, 3.8) is 0 Å². The minimum Gasteiger partial charge on any atom is -0.313 e. The lowest BCUT2D eigenvalue weighted by Gasteiger charge is -2.12. The third-order valence-electron chi connectivity index (χ3n) is 1.98. The average Bonchev–Trinajstić information content (AvgIpc) is 2.12. The highest BCUT2D eigenvalue weighted by molar-refractivity contribution is 7.91. The van der Waals surface area contributed by atoms with E-state index in [0.29, 0.717) is 0 Å². The molecular formula is C10H21NO2S. The van der Waals surface area contributed by atoms with Crippen LogP contribution in [0.1, 0.15) is 27.2 Å². The standard InChI is InChI=1S/C10H21NO2S/c1-4-6-7-8-11-10(3)9-14(12,13)5-2/h4,6,10-11H,5,7-9H2,1-3H3/b6-4+. The molecule has 0 fully saturated rings. The average molecular weight is 219 g/mol. The van der Waals surface area contributed by atoms with Crippen LogP contribution in [0, 0.1) is 0 Å². The van der Waals surface area contributed by atoms with Crippen LogP contribution in [0.3, 0.4) is 0 Å². The highest BCUT2D eigenvalue weighted by Gasteiger charge is 2.12. The van der Waals surface area contributed by atoms with E-state index in [1.54, 1.807) is 6.92 Å². The maximum atomic E-state index is 11.2. The molecule has 1 atom stereocenters. The van der Waals surface area contributed by atoms with Gasteiger partial charge < -0.3 is 5.32 Å². The zero-order valence-electron chi connectivity index (χ0n) is 9.29. The normalized spacial score (nSPS) is 14.8. The topological polar surface area (TPSA) is 46.2 Å². The Hall–Kier alpha value is -0.350. The third-order valence-corrected chi connectivity index (χ3v) is 3.87. The van der Waals surface area contributed by atoms with Crippen molar-refractivity contribution in [2.24, 2.45) is 0 Å². The second kappa shape index (κ2) is 7.01. The minimum absolute atomic E-state index is 0.0465. The summed E-state index contributed by atoms with van der Waals surface area (Å²) >= 11 is 0. The number of sulfone groups is 1. The summed E-state index contributed by atoms with van der Waals surface area (Å²) in [6.07, 6.45) is 5.01. The number of hydrogen-bond donors (Lipinski definition) is 1. The largest absolute Gasteiger partial charge is 0.313 e. The lowest BCUT2D eigenvalue weighted by molar-refractivity contribution is 0.560. The van der Waals surface area contributed by atoms with E-state index in [9.17, 15) is 8.42 Å². The zero-order chi connectivity index (χ0) is 11.0. The van der Waals surface area contributed by atoms with Gasteiger partial charge >= 0.3 is 0 Å². The first-order valence-corrected chi connectivity index (χ1v) is 6.89. The van der Waals surface area contributed by atoms with Crippen LogP contribution in [0.5, 0.6) is 0 Å². The van der Waals surface area contributed by atoms with Gasteiger partial charge in [0.15, 0.2) is 9.84 Å². The summed E-state index contributed by atoms with van der Waals surface area (Å²) in [7, 11) is -2.84. The van der Waals surface area contributed by atoms with E-state index in [4.69, 9.17) is 0 Å². The van der Waals surface area contributed by atoms with Gasteiger partial charge in [-0.05, 0) is 26.8 Å². The van der Waals surface area contributed by atoms with Crippen LogP contribution in [0.4, 0.5) is 0 Å². The summed E-state index contributed by atoms with van der Waals surface area (Å²) in [4.78, 5) is 0. The molecule has 3 nitrogen and oxygen atoms in total. The molecule has 0 amide bonds. The second-order valence-electron chi connectivity index (χ2n) is 3.41. The van der Waals surface area contributed by atoms with Gasteiger partial charge in [-0.3, -0.25) is 0 Å². The summed E-state index contributed by atoms with van der Waals surface area (Å²) in [6.45, 7) is 6.40. The molecular weight excluding hydrogens is 198 g/mol. The summed E-state index contributed by atoms with van der Waals surface area (Å²) < 4.78 is 22.5. The molecule has 1 N–H and O–H groups in total. The van der Waals surface area contributed by atoms with Crippen molar-refractivity contribution in [2.75, 3.05) is 18.1 Å². The molecule has 0 heterocycles. The molecule has 0 aromatic rings. The fraction of sp³-hybridized carbons (Fsp3) is 0.800. The van der Waals surface area contributed by atoms with E-state index < -0.39 is 9.84 Å². The van der Waals surface area contributed by atoms with E-state index in [0.717, 1.165) is 13.0 Å².